The first-order valence-electron chi connectivity index (χ1n) is 8.94. The number of benzene rings is 3. The van der Waals surface area contributed by atoms with E-state index in [0.29, 0.717) is 17.3 Å². The number of para-hydroxylation sites is 2. The standard InChI is InChI=1S/C23H17NO4S/c25-22-21(29-20-8-4-2-6-18(20)24-22)13-17-5-1-3-7-19(17)28-14-15-9-11-16(12-10-15)23(26)27/h1-13H,14H2,(H,24,25)(H,26,27)/b21-13-. The van der Waals surface area contributed by atoms with Crippen molar-refractivity contribution in [2.24, 2.45) is 0 Å². The number of amides is 1. The second-order valence-electron chi connectivity index (χ2n) is 6.39. The zero-order valence-corrected chi connectivity index (χ0v) is 16.1. The molecular weight excluding hydrogens is 386 g/mol. The van der Waals surface area contributed by atoms with Crippen LogP contribution >= 0.6 is 11.8 Å². The van der Waals surface area contributed by atoms with Gasteiger partial charge in [0.2, 0.25) is 0 Å². The molecule has 0 saturated heterocycles. The van der Waals surface area contributed by atoms with Crippen molar-refractivity contribution in [1.29, 1.82) is 0 Å². The van der Waals surface area contributed by atoms with Gasteiger partial charge in [0.05, 0.1) is 16.2 Å². The fourth-order valence-corrected chi connectivity index (χ4v) is 3.82. The molecule has 3 aromatic carbocycles. The number of hydrogen-bond acceptors (Lipinski definition) is 4. The van der Waals surface area contributed by atoms with Crippen molar-refractivity contribution in [2.75, 3.05) is 5.32 Å². The van der Waals surface area contributed by atoms with E-state index in [1.165, 1.54) is 11.8 Å². The molecule has 1 aliphatic rings. The first-order valence-corrected chi connectivity index (χ1v) is 9.76. The van der Waals surface area contributed by atoms with Gasteiger partial charge in [0.15, 0.2) is 0 Å². The molecule has 0 fully saturated rings. The Morgan fingerprint density at radius 3 is 2.52 bits per heavy atom. The minimum atomic E-state index is -0.959. The lowest BCUT2D eigenvalue weighted by Gasteiger charge is -2.18. The summed E-state index contributed by atoms with van der Waals surface area (Å²) in [6.45, 7) is 0.294. The van der Waals surface area contributed by atoms with Crippen molar-refractivity contribution in [3.05, 3.63) is 94.4 Å². The maximum absolute atomic E-state index is 12.4. The predicted octanol–water partition coefficient (Wildman–Crippen LogP) is 5.05. The van der Waals surface area contributed by atoms with Gasteiger partial charge in [0, 0.05) is 10.5 Å². The number of carboxylic acid groups (broad SMARTS) is 1. The minimum Gasteiger partial charge on any atom is -0.488 e. The molecule has 0 aromatic heterocycles. The van der Waals surface area contributed by atoms with Crippen LogP contribution in [0.3, 0.4) is 0 Å². The summed E-state index contributed by atoms with van der Waals surface area (Å²) in [7, 11) is 0. The Hall–Kier alpha value is -3.51. The number of fused-ring (bicyclic) bond motifs is 1. The van der Waals surface area contributed by atoms with Gasteiger partial charge in [-0.3, -0.25) is 4.79 Å². The molecule has 0 atom stereocenters. The highest BCUT2D eigenvalue weighted by Crippen LogP contribution is 2.39. The van der Waals surface area contributed by atoms with Crippen molar-refractivity contribution in [3.8, 4) is 5.75 Å². The van der Waals surface area contributed by atoms with Gasteiger partial charge >= 0.3 is 5.97 Å². The number of anilines is 1. The molecule has 0 radical (unpaired) electrons. The zero-order valence-electron chi connectivity index (χ0n) is 15.3. The van der Waals surface area contributed by atoms with Crippen molar-refractivity contribution < 1.29 is 19.4 Å². The molecule has 3 aromatic rings. The van der Waals surface area contributed by atoms with Crippen LogP contribution in [0.4, 0.5) is 5.69 Å². The van der Waals surface area contributed by atoms with Crippen LogP contribution in [0.1, 0.15) is 21.5 Å². The summed E-state index contributed by atoms with van der Waals surface area (Å²) < 4.78 is 5.94. The SMILES string of the molecule is O=C1Nc2ccccc2S/C1=C\c1ccccc1OCc1ccc(C(=O)O)cc1. The lowest BCUT2D eigenvalue weighted by Crippen LogP contribution is -2.17. The van der Waals surface area contributed by atoms with Gasteiger partial charge in [0.1, 0.15) is 12.4 Å². The van der Waals surface area contributed by atoms with Crippen molar-refractivity contribution >= 4 is 35.4 Å². The second-order valence-corrected chi connectivity index (χ2v) is 7.47. The Morgan fingerprint density at radius 2 is 1.72 bits per heavy atom. The summed E-state index contributed by atoms with van der Waals surface area (Å²) >= 11 is 1.43. The molecule has 4 rings (SSSR count). The van der Waals surface area contributed by atoms with E-state index in [2.05, 4.69) is 5.32 Å². The number of nitrogens with one attached hydrogen (secondary N) is 1. The molecule has 0 unspecified atom stereocenters. The molecule has 1 heterocycles. The van der Waals surface area contributed by atoms with Crippen LogP contribution in [0.2, 0.25) is 0 Å². The van der Waals surface area contributed by atoms with Crippen LogP contribution in [0, 0.1) is 0 Å². The van der Waals surface area contributed by atoms with Crippen molar-refractivity contribution in [3.63, 3.8) is 0 Å². The Balaban J connectivity index is 1.53. The summed E-state index contributed by atoms with van der Waals surface area (Å²) in [4.78, 5) is 25.0. The third-order valence-electron chi connectivity index (χ3n) is 4.38. The molecule has 29 heavy (non-hydrogen) atoms. The summed E-state index contributed by atoms with van der Waals surface area (Å²) in [5.74, 6) is -0.457. The lowest BCUT2D eigenvalue weighted by molar-refractivity contribution is -0.112. The molecule has 2 N–H and O–H groups in total. The van der Waals surface area contributed by atoms with E-state index in [9.17, 15) is 9.59 Å². The van der Waals surface area contributed by atoms with Gasteiger partial charge in [-0.05, 0) is 42.0 Å². The van der Waals surface area contributed by atoms with E-state index < -0.39 is 5.97 Å². The monoisotopic (exact) mass is 403 g/mol. The number of thioether (sulfide) groups is 1. The number of ether oxygens (including phenoxy) is 1. The maximum atomic E-state index is 12.4. The molecule has 0 bridgehead atoms. The van der Waals surface area contributed by atoms with Gasteiger partial charge in [-0.1, -0.05) is 54.2 Å². The normalized spacial score (nSPS) is 14.2. The Kier molecular flexibility index (Phi) is 5.35. The van der Waals surface area contributed by atoms with E-state index in [1.54, 1.807) is 24.3 Å². The number of carboxylic acids is 1. The van der Waals surface area contributed by atoms with Crippen LogP contribution < -0.4 is 10.1 Å². The largest absolute Gasteiger partial charge is 0.488 e. The summed E-state index contributed by atoms with van der Waals surface area (Å²) in [5, 5.41) is 11.9. The molecule has 1 amide bonds. The van der Waals surface area contributed by atoms with Crippen LogP contribution in [0.15, 0.2) is 82.6 Å². The molecule has 0 spiro atoms. The van der Waals surface area contributed by atoms with E-state index in [0.717, 1.165) is 21.7 Å². The number of hydrogen-bond donors (Lipinski definition) is 2. The van der Waals surface area contributed by atoms with Crippen LogP contribution in [0.25, 0.3) is 6.08 Å². The average Bonchev–Trinajstić information content (AvgIpc) is 2.74. The highest BCUT2D eigenvalue weighted by atomic mass is 32.2. The molecule has 0 aliphatic carbocycles. The van der Waals surface area contributed by atoms with Crippen LogP contribution in [-0.2, 0) is 11.4 Å². The lowest BCUT2D eigenvalue weighted by atomic mass is 10.1. The fraction of sp³-hybridized carbons (Fsp3) is 0.0435. The smallest absolute Gasteiger partial charge is 0.335 e. The quantitative estimate of drug-likeness (QED) is 0.583. The van der Waals surface area contributed by atoms with E-state index in [4.69, 9.17) is 9.84 Å². The van der Waals surface area contributed by atoms with Crippen molar-refractivity contribution in [1.82, 2.24) is 0 Å². The molecule has 5 nitrogen and oxygen atoms in total. The van der Waals surface area contributed by atoms with Crippen LogP contribution in [-0.4, -0.2) is 17.0 Å². The number of carbonyl (C=O) groups is 2. The van der Waals surface area contributed by atoms with Gasteiger partial charge in [0.25, 0.3) is 5.91 Å². The average molecular weight is 403 g/mol. The first kappa shape index (κ1) is 18.8. The first-order chi connectivity index (χ1) is 14.1. The molecule has 1 aliphatic heterocycles. The Bertz CT molecular complexity index is 1110. The van der Waals surface area contributed by atoms with E-state index in [1.807, 2.05) is 54.6 Å². The van der Waals surface area contributed by atoms with Gasteiger partial charge in [-0.25, -0.2) is 4.79 Å². The zero-order chi connectivity index (χ0) is 20.2. The van der Waals surface area contributed by atoms with Gasteiger partial charge < -0.3 is 15.2 Å². The number of rotatable bonds is 5. The van der Waals surface area contributed by atoms with Gasteiger partial charge in [-0.15, -0.1) is 0 Å². The highest BCUT2D eigenvalue weighted by Gasteiger charge is 2.21. The summed E-state index contributed by atoms with van der Waals surface area (Å²) in [6.07, 6.45) is 1.82. The second kappa shape index (κ2) is 8.24. The Morgan fingerprint density at radius 1 is 1.00 bits per heavy atom. The molecule has 6 heteroatoms. The maximum Gasteiger partial charge on any atom is 0.335 e. The van der Waals surface area contributed by atoms with Crippen LogP contribution in [0.5, 0.6) is 5.75 Å². The minimum absolute atomic E-state index is 0.146. The molecule has 0 saturated carbocycles. The van der Waals surface area contributed by atoms with Gasteiger partial charge in [-0.2, -0.15) is 0 Å². The number of aromatic carboxylic acids is 1. The summed E-state index contributed by atoms with van der Waals surface area (Å²) in [6, 6.07) is 21.7. The van der Waals surface area contributed by atoms with E-state index in [-0.39, 0.29) is 11.5 Å². The Labute approximate surface area is 172 Å². The highest BCUT2D eigenvalue weighted by molar-refractivity contribution is 8.04. The third-order valence-corrected chi connectivity index (χ3v) is 5.48. The molecular formula is C23H17NO4S. The molecule has 144 valence electrons. The fourth-order valence-electron chi connectivity index (χ4n) is 2.88. The van der Waals surface area contributed by atoms with Crippen molar-refractivity contribution in [2.45, 2.75) is 11.5 Å². The number of carbonyl (C=O) groups excluding carboxylic acids is 1. The predicted molar refractivity (Wildman–Crippen MR) is 113 cm³/mol. The topological polar surface area (TPSA) is 75.6 Å². The van der Waals surface area contributed by atoms with E-state index >= 15 is 0 Å². The third kappa shape index (κ3) is 4.33. The summed E-state index contributed by atoms with van der Waals surface area (Å²) in [5.41, 5.74) is 2.70.